The van der Waals surface area contributed by atoms with Gasteiger partial charge in [-0.1, -0.05) is 28.1 Å². The van der Waals surface area contributed by atoms with E-state index in [-0.39, 0.29) is 10.6 Å². The van der Waals surface area contributed by atoms with Gasteiger partial charge in [0.1, 0.15) is 0 Å². The molecule has 0 spiro atoms. The number of halogens is 2. The fourth-order valence-electron chi connectivity index (χ4n) is 1.12. The topological polar surface area (TPSA) is 17.1 Å². The first-order valence-electron chi connectivity index (χ1n) is 4.08. The van der Waals surface area contributed by atoms with Crippen LogP contribution in [0.25, 0.3) is 0 Å². The molecule has 0 aliphatic carbocycles. The van der Waals surface area contributed by atoms with Gasteiger partial charge in [0.2, 0.25) is 0 Å². The number of Topliss-reactive ketones (excluding diaryl/α,β-unsaturated/α-hetero) is 1. The number of ketones is 1. The van der Waals surface area contributed by atoms with Crippen molar-refractivity contribution in [2.75, 3.05) is 6.26 Å². The van der Waals surface area contributed by atoms with Crippen LogP contribution in [0.5, 0.6) is 0 Å². The maximum Gasteiger partial charge on any atom is 0.177 e. The molecule has 0 aromatic heterocycles. The van der Waals surface area contributed by atoms with Crippen LogP contribution in [0.3, 0.4) is 0 Å². The molecule has 0 amide bonds. The molecule has 0 aliphatic rings. The quantitative estimate of drug-likeness (QED) is 0.339. The first-order valence-corrected chi connectivity index (χ1v) is 7.30. The van der Waals surface area contributed by atoms with Gasteiger partial charge in [-0.2, -0.15) is 0 Å². The predicted octanol–water partition coefficient (Wildman–Crippen LogP) is 3.98. The number of rotatable bonds is 3. The van der Waals surface area contributed by atoms with E-state index in [1.54, 1.807) is 11.8 Å². The van der Waals surface area contributed by atoms with Gasteiger partial charge in [0.25, 0.3) is 0 Å². The van der Waals surface area contributed by atoms with Gasteiger partial charge in [0, 0.05) is 14.0 Å². The van der Waals surface area contributed by atoms with Crippen molar-refractivity contribution in [1.29, 1.82) is 0 Å². The molecule has 1 aromatic rings. The number of alkyl halides is 1. The number of carbonyl (C=O) groups is 1. The average Bonchev–Trinajstić information content (AvgIpc) is 2.16. The Balaban J connectivity index is 3.20. The highest BCUT2D eigenvalue weighted by atomic mass is 127. The zero-order valence-corrected chi connectivity index (χ0v) is 12.4. The molecule has 0 bridgehead atoms. The molecule has 1 nitrogen and oxygen atoms in total. The second-order valence-electron chi connectivity index (χ2n) is 2.80. The molecule has 1 unspecified atom stereocenters. The monoisotopic (exact) mass is 384 g/mol. The largest absolute Gasteiger partial charge is 0.293 e. The Morgan fingerprint density at radius 3 is 2.71 bits per heavy atom. The summed E-state index contributed by atoms with van der Waals surface area (Å²) in [6.07, 6.45) is 1.99. The minimum atomic E-state index is -0.119. The normalized spacial score (nSPS) is 12.6. The molecule has 4 heteroatoms. The Hall–Kier alpha value is 0.450. The van der Waals surface area contributed by atoms with Crippen molar-refractivity contribution in [3.63, 3.8) is 0 Å². The predicted molar refractivity (Wildman–Crippen MR) is 73.7 cm³/mol. The second kappa shape index (κ2) is 5.51. The Labute approximate surface area is 110 Å². The minimum absolute atomic E-state index is 0.119. The number of hydrogen-bond donors (Lipinski definition) is 0. The molecule has 0 fully saturated rings. The summed E-state index contributed by atoms with van der Waals surface area (Å²) in [6, 6.07) is 5.82. The maximum absolute atomic E-state index is 11.8. The molecule has 1 aromatic carbocycles. The second-order valence-corrected chi connectivity index (χ2v) is 6.15. The smallest absolute Gasteiger partial charge is 0.177 e. The summed E-state index contributed by atoms with van der Waals surface area (Å²) in [4.78, 5) is 12.8. The van der Waals surface area contributed by atoms with Crippen molar-refractivity contribution in [3.05, 3.63) is 27.3 Å². The van der Waals surface area contributed by atoms with Gasteiger partial charge in [-0.3, -0.25) is 4.79 Å². The zero-order chi connectivity index (χ0) is 10.7. The van der Waals surface area contributed by atoms with Gasteiger partial charge in [0.15, 0.2) is 5.78 Å². The van der Waals surface area contributed by atoms with E-state index < -0.39 is 0 Å². The van der Waals surface area contributed by atoms with E-state index in [0.29, 0.717) is 0 Å². The third-order valence-electron chi connectivity index (χ3n) is 1.80. The molecule has 0 heterocycles. The summed E-state index contributed by atoms with van der Waals surface area (Å²) in [5, 5.41) is 0. The van der Waals surface area contributed by atoms with Crippen molar-refractivity contribution in [2.45, 2.75) is 16.6 Å². The summed E-state index contributed by atoms with van der Waals surface area (Å²) in [5.41, 5.74) is 0.814. The Bertz CT molecular complexity index is 352. The van der Waals surface area contributed by atoms with Gasteiger partial charge in [-0.05, 0) is 41.8 Å². The Morgan fingerprint density at radius 2 is 2.21 bits per heavy atom. The van der Waals surface area contributed by atoms with Gasteiger partial charge < -0.3 is 0 Å². The molecule has 0 saturated carbocycles. The Kier molecular flexibility index (Phi) is 4.93. The lowest BCUT2D eigenvalue weighted by Gasteiger charge is -2.09. The highest BCUT2D eigenvalue weighted by Gasteiger charge is 2.16. The van der Waals surface area contributed by atoms with E-state index in [1.165, 1.54) is 0 Å². The van der Waals surface area contributed by atoms with Gasteiger partial charge in [0.05, 0.1) is 4.83 Å². The van der Waals surface area contributed by atoms with Crippen LogP contribution >= 0.6 is 50.3 Å². The van der Waals surface area contributed by atoms with E-state index in [0.717, 1.165) is 14.0 Å². The average molecular weight is 385 g/mol. The van der Waals surface area contributed by atoms with Crippen LogP contribution in [0, 0.1) is 3.57 Å². The summed E-state index contributed by atoms with van der Waals surface area (Å²) in [7, 11) is 0. The van der Waals surface area contributed by atoms with Crippen molar-refractivity contribution in [3.8, 4) is 0 Å². The van der Waals surface area contributed by atoms with E-state index in [4.69, 9.17) is 0 Å². The fourth-order valence-corrected chi connectivity index (χ4v) is 3.18. The third-order valence-corrected chi connectivity index (χ3v) is 4.33. The number of carbonyl (C=O) groups excluding carboxylic acids is 1. The molecule has 0 N–H and O–H groups in total. The van der Waals surface area contributed by atoms with Crippen LogP contribution in [-0.2, 0) is 0 Å². The van der Waals surface area contributed by atoms with Crippen molar-refractivity contribution in [2.24, 2.45) is 0 Å². The van der Waals surface area contributed by atoms with Crippen molar-refractivity contribution >= 4 is 56.1 Å². The molecule has 1 atom stereocenters. The standard InChI is InChI=1S/C10H10BrIOS/c1-6(11)9(13)7-4-3-5-8(12)10(7)14-2/h3-6H,1-2H3. The molecule has 0 aliphatic heterocycles. The first kappa shape index (κ1) is 12.5. The van der Waals surface area contributed by atoms with Gasteiger partial charge in [-0.15, -0.1) is 11.8 Å². The number of hydrogen-bond acceptors (Lipinski definition) is 2. The number of thioether (sulfide) groups is 1. The van der Waals surface area contributed by atoms with E-state index in [1.807, 2.05) is 31.4 Å². The van der Waals surface area contributed by atoms with Crippen molar-refractivity contribution < 1.29 is 4.79 Å². The van der Waals surface area contributed by atoms with E-state index in [9.17, 15) is 4.79 Å². The molecular weight excluding hydrogens is 375 g/mol. The minimum Gasteiger partial charge on any atom is -0.293 e. The van der Waals surface area contributed by atoms with Gasteiger partial charge >= 0.3 is 0 Å². The highest BCUT2D eigenvalue weighted by Crippen LogP contribution is 2.28. The van der Waals surface area contributed by atoms with E-state index >= 15 is 0 Å². The fraction of sp³-hybridized carbons (Fsp3) is 0.300. The molecule has 0 radical (unpaired) electrons. The molecule has 14 heavy (non-hydrogen) atoms. The van der Waals surface area contributed by atoms with Crippen LogP contribution in [0.2, 0.25) is 0 Å². The Morgan fingerprint density at radius 1 is 1.57 bits per heavy atom. The summed E-state index contributed by atoms with van der Waals surface area (Å²) in [6.45, 7) is 1.85. The summed E-state index contributed by atoms with van der Waals surface area (Å²) < 4.78 is 1.13. The van der Waals surface area contributed by atoms with Crippen LogP contribution in [0.4, 0.5) is 0 Å². The highest BCUT2D eigenvalue weighted by molar-refractivity contribution is 14.1. The molecule has 1 rings (SSSR count). The lowest BCUT2D eigenvalue weighted by molar-refractivity contribution is 0.0993. The summed E-state index contributed by atoms with van der Waals surface area (Å²) >= 11 is 7.18. The summed E-state index contributed by atoms with van der Waals surface area (Å²) in [5.74, 6) is 0.146. The first-order chi connectivity index (χ1) is 6.57. The maximum atomic E-state index is 11.8. The lowest BCUT2D eigenvalue weighted by atomic mass is 10.1. The van der Waals surface area contributed by atoms with Crippen LogP contribution in [0.1, 0.15) is 17.3 Å². The lowest BCUT2D eigenvalue weighted by Crippen LogP contribution is -2.11. The molecule has 0 saturated heterocycles. The van der Waals surface area contributed by atoms with Crippen LogP contribution < -0.4 is 0 Å². The molecular formula is C10H10BrIOS. The zero-order valence-electron chi connectivity index (χ0n) is 7.88. The third kappa shape index (κ3) is 2.73. The number of benzene rings is 1. The molecule has 76 valence electrons. The van der Waals surface area contributed by atoms with Gasteiger partial charge in [-0.25, -0.2) is 0 Å². The van der Waals surface area contributed by atoms with E-state index in [2.05, 4.69) is 38.5 Å². The van der Waals surface area contributed by atoms with Crippen molar-refractivity contribution in [1.82, 2.24) is 0 Å². The van der Waals surface area contributed by atoms with Crippen LogP contribution in [0.15, 0.2) is 23.1 Å². The SMILES string of the molecule is CSc1c(I)cccc1C(=O)C(C)Br. The van der Waals surface area contributed by atoms with Crippen LogP contribution in [-0.4, -0.2) is 16.9 Å².